The maximum absolute atomic E-state index is 11.7. The topological polar surface area (TPSA) is 88.0 Å². The number of nitrogens with one attached hydrogen (secondary N) is 2. The van der Waals surface area contributed by atoms with Gasteiger partial charge in [0.05, 0.1) is 11.6 Å². The molecule has 140 valence electrons. The summed E-state index contributed by atoms with van der Waals surface area (Å²) in [5.41, 5.74) is 2.08. The Kier molecular flexibility index (Phi) is 4.86. The minimum Gasteiger partial charge on any atom is -0.368 e. The van der Waals surface area contributed by atoms with Crippen LogP contribution in [0.15, 0.2) is 36.5 Å². The average molecular weight is 365 g/mol. The number of amides is 2. The van der Waals surface area contributed by atoms with Crippen molar-refractivity contribution in [2.45, 2.75) is 12.8 Å². The molecule has 0 saturated carbocycles. The number of anilines is 1. The molecule has 8 nitrogen and oxygen atoms in total. The van der Waals surface area contributed by atoms with Gasteiger partial charge < -0.3 is 15.5 Å². The summed E-state index contributed by atoms with van der Waals surface area (Å²) in [5, 5.41) is 11.4. The van der Waals surface area contributed by atoms with Gasteiger partial charge in [0, 0.05) is 39.6 Å². The predicted molar refractivity (Wildman–Crippen MR) is 104 cm³/mol. The van der Waals surface area contributed by atoms with Crippen molar-refractivity contribution in [3.05, 3.63) is 47.9 Å². The Balaban J connectivity index is 1.49. The third-order valence-electron chi connectivity index (χ3n) is 4.74. The monoisotopic (exact) mass is 365 g/mol. The summed E-state index contributed by atoms with van der Waals surface area (Å²) >= 11 is 0. The van der Waals surface area contributed by atoms with E-state index in [9.17, 15) is 4.79 Å². The molecule has 1 saturated heterocycles. The van der Waals surface area contributed by atoms with Gasteiger partial charge in [0.1, 0.15) is 11.6 Å². The zero-order valence-corrected chi connectivity index (χ0v) is 15.4. The van der Waals surface area contributed by atoms with Gasteiger partial charge in [-0.2, -0.15) is 5.10 Å². The second-order valence-electron chi connectivity index (χ2n) is 6.63. The number of nitrogens with zero attached hydrogens (tertiary/aromatic N) is 5. The molecule has 3 heterocycles. The standard InChI is InChI=1S/C19H23N7O/c1-25-18-15(13-22-25)17(20-9-11-26-12-10-21-19(26)27)23-16(24-18)8-7-14-5-3-2-4-6-14/h2-6,13H,7-12H2,1H3,(H,21,27)(H,20,23,24). The fraction of sp³-hybridized carbons (Fsp3) is 0.368. The molecule has 0 bridgehead atoms. The molecule has 4 rings (SSSR count). The Morgan fingerprint density at radius 2 is 2.04 bits per heavy atom. The number of aryl methyl sites for hydroxylation is 3. The van der Waals surface area contributed by atoms with Crippen molar-refractivity contribution < 1.29 is 4.79 Å². The van der Waals surface area contributed by atoms with E-state index in [1.54, 1.807) is 15.8 Å². The number of hydrogen-bond donors (Lipinski definition) is 2. The van der Waals surface area contributed by atoms with E-state index in [4.69, 9.17) is 4.98 Å². The highest BCUT2D eigenvalue weighted by atomic mass is 16.2. The SMILES string of the molecule is Cn1ncc2c(NCCN3CCNC3=O)nc(CCc3ccccc3)nc21. The Morgan fingerprint density at radius 3 is 2.81 bits per heavy atom. The maximum Gasteiger partial charge on any atom is 0.317 e. The zero-order valence-electron chi connectivity index (χ0n) is 15.4. The van der Waals surface area contributed by atoms with Gasteiger partial charge in [-0.15, -0.1) is 0 Å². The summed E-state index contributed by atoms with van der Waals surface area (Å²) < 4.78 is 1.77. The molecule has 2 amide bonds. The minimum atomic E-state index is -0.00503. The molecule has 1 aliphatic rings. The first-order chi connectivity index (χ1) is 13.2. The molecule has 2 N–H and O–H groups in total. The fourth-order valence-electron chi connectivity index (χ4n) is 3.25. The van der Waals surface area contributed by atoms with Crippen molar-refractivity contribution in [2.24, 2.45) is 7.05 Å². The lowest BCUT2D eigenvalue weighted by molar-refractivity contribution is 0.219. The lowest BCUT2D eigenvalue weighted by Crippen LogP contribution is -2.32. The molecule has 8 heteroatoms. The number of aromatic nitrogens is 4. The first kappa shape index (κ1) is 17.3. The molecule has 0 spiro atoms. The van der Waals surface area contributed by atoms with E-state index in [-0.39, 0.29) is 6.03 Å². The molecule has 2 aromatic heterocycles. The number of carbonyl (C=O) groups is 1. The van der Waals surface area contributed by atoms with Gasteiger partial charge in [-0.05, 0) is 12.0 Å². The Morgan fingerprint density at radius 1 is 1.19 bits per heavy atom. The molecule has 1 aromatic carbocycles. The van der Waals surface area contributed by atoms with E-state index in [0.717, 1.165) is 42.1 Å². The number of fused-ring (bicyclic) bond motifs is 1. The van der Waals surface area contributed by atoms with Crippen LogP contribution < -0.4 is 10.6 Å². The van der Waals surface area contributed by atoms with E-state index >= 15 is 0 Å². The summed E-state index contributed by atoms with van der Waals surface area (Å²) in [6, 6.07) is 10.3. The predicted octanol–water partition coefficient (Wildman–Crippen LogP) is 1.59. The average Bonchev–Trinajstić information content (AvgIpc) is 3.27. The largest absolute Gasteiger partial charge is 0.368 e. The van der Waals surface area contributed by atoms with Crippen molar-refractivity contribution in [3.8, 4) is 0 Å². The summed E-state index contributed by atoms with van der Waals surface area (Å²) in [4.78, 5) is 22.9. The molecule has 1 aliphatic heterocycles. The van der Waals surface area contributed by atoms with Crippen LogP contribution in [0.2, 0.25) is 0 Å². The van der Waals surface area contributed by atoms with Crippen LogP contribution in [0.5, 0.6) is 0 Å². The van der Waals surface area contributed by atoms with E-state index < -0.39 is 0 Å². The molecule has 27 heavy (non-hydrogen) atoms. The summed E-state index contributed by atoms with van der Waals surface area (Å²) in [6.45, 7) is 2.72. The van der Waals surface area contributed by atoms with Gasteiger partial charge in [-0.25, -0.2) is 14.8 Å². The van der Waals surface area contributed by atoms with Crippen molar-refractivity contribution in [1.82, 2.24) is 30.0 Å². The molecule has 0 atom stereocenters. The van der Waals surface area contributed by atoms with Gasteiger partial charge >= 0.3 is 6.03 Å². The minimum absolute atomic E-state index is 0.00503. The Hall–Kier alpha value is -3.16. The van der Waals surface area contributed by atoms with E-state index in [2.05, 4.69) is 32.8 Å². The molecule has 0 unspecified atom stereocenters. The number of carbonyl (C=O) groups excluding carboxylic acids is 1. The van der Waals surface area contributed by atoms with E-state index in [1.165, 1.54) is 5.56 Å². The zero-order chi connectivity index (χ0) is 18.6. The summed E-state index contributed by atoms with van der Waals surface area (Å²) in [6.07, 6.45) is 3.42. The second kappa shape index (κ2) is 7.61. The van der Waals surface area contributed by atoms with Crippen LogP contribution in [0, 0.1) is 0 Å². The first-order valence-corrected chi connectivity index (χ1v) is 9.20. The van der Waals surface area contributed by atoms with Crippen molar-refractivity contribution in [2.75, 3.05) is 31.5 Å². The third-order valence-corrected chi connectivity index (χ3v) is 4.74. The lowest BCUT2D eigenvalue weighted by Gasteiger charge is -2.15. The smallest absolute Gasteiger partial charge is 0.317 e. The van der Waals surface area contributed by atoms with Crippen LogP contribution >= 0.6 is 0 Å². The van der Waals surface area contributed by atoms with Crippen LogP contribution in [0.4, 0.5) is 10.6 Å². The highest BCUT2D eigenvalue weighted by Crippen LogP contribution is 2.20. The lowest BCUT2D eigenvalue weighted by atomic mass is 10.1. The van der Waals surface area contributed by atoms with Crippen molar-refractivity contribution >= 4 is 22.9 Å². The molecular weight excluding hydrogens is 342 g/mol. The van der Waals surface area contributed by atoms with Gasteiger partial charge in [-0.3, -0.25) is 4.68 Å². The van der Waals surface area contributed by atoms with E-state index in [1.807, 2.05) is 25.2 Å². The number of benzene rings is 1. The fourth-order valence-corrected chi connectivity index (χ4v) is 3.25. The first-order valence-electron chi connectivity index (χ1n) is 9.20. The normalized spacial score (nSPS) is 14.0. The molecule has 0 aliphatic carbocycles. The third kappa shape index (κ3) is 3.84. The molecule has 1 fully saturated rings. The Bertz CT molecular complexity index is 938. The van der Waals surface area contributed by atoms with Gasteiger partial charge in [0.15, 0.2) is 5.65 Å². The maximum atomic E-state index is 11.7. The second-order valence-corrected chi connectivity index (χ2v) is 6.63. The van der Waals surface area contributed by atoms with Gasteiger partial charge in [-0.1, -0.05) is 30.3 Å². The number of rotatable bonds is 7. The highest BCUT2D eigenvalue weighted by molar-refractivity contribution is 5.86. The van der Waals surface area contributed by atoms with Crippen LogP contribution in [0.3, 0.4) is 0 Å². The summed E-state index contributed by atoms with van der Waals surface area (Å²) in [5.74, 6) is 1.56. The Labute approximate surface area is 157 Å². The summed E-state index contributed by atoms with van der Waals surface area (Å²) in [7, 11) is 1.88. The van der Waals surface area contributed by atoms with Gasteiger partial charge in [0.2, 0.25) is 0 Å². The molecular formula is C19H23N7O. The van der Waals surface area contributed by atoms with Crippen LogP contribution in [-0.4, -0.2) is 56.9 Å². The molecule has 0 radical (unpaired) electrons. The van der Waals surface area contributed by atoms with E-state index in [0.29, 0.717) is 19.6 Å². The number of urea groups is 1. The van der Waals surface area contributed by atoms with Crippen molar-refractivity contribution in [3.63, 3.8) is 0 Å². The highest BCUT2D eigenvalue weighted by Gasteiger charge is 2.19. The van der Waals surface area contributed by atoms with Crippen LogP contribution in [0.25, 0.3) is 11.0 Å². The molecule has 3 aromatic rings. The van der Waals surface area contributed by atoms with Gasteiger partial charge in [0.25, 0.3) is 0 Å². The van der Waals surface area contributed by atoms with Crippen LogP contribution in [-0.2, 0) is 19.9 Å². The number of hydrogen-bond acceptors (Lipinski definition) is 5. The quantitative estimate of drug-likeness (QED) is 0.664. The van der Waals surface area contributed by atoms with Crippen molar-refractivity contribution in [1.29, 1.82) is 0 Å². The van der Waals surface area contributed by atoms with Crippen LogP contribution in [0.1, 0.15) is 11.4 Å².